The first kappa shape index (κ1) is 17.7. The van der Waals surface area contributed by atoms with Crippen molar-refractivity contribution in [2.75, 3.05) is 16.8 Å². The zero-order valence-electron chi connectivity index (χ0n) is 14.0. The van der Waals surface area contributed by atoms with Crippen molar-refractivity contribution in [1.29, 1.82) is 0 Å². The molecular weight excluding hydrogens is 314 g/mol. The molecule has 0 aliphatic carbocycles. The molecule has 1 unspecified atom stereocenters. The van der Waals surface area contributed by atoms with E-state index in [0.717, 1.165) is 45.9 Å². The number of benzene rings is 1. The molecule has 0 spiro atoms. The molecule has 0 saturated carbocycles. The van der Waals surface area contributed by atoms with Gasteiger partial charge in [-0.2, -0.15) is 11.8 Å². The number of fused-ring (bicyclic) bond motifs is 1. The molecule has 0 saturated heterocycles. The number of carboxylic acids is 1. The van der Waals surface area contributed by atoms with Crippen LogP contribution in [0.5, 0.6) is 5.75 Å². The maximum absolute atomic E-state index is 10.9. The topological polar surface area (TPSA) is 75.6 Å². The Morgan fingerprint density at radius 1 is 1.35 bits per heavy atom. The van der Waals surface area contributed by atoms with Crippen molar-refractivity contribution >= 4 is 29.8 Å². The smallest absolute Gasteiger partial charge is 0.304 e. The Morgan fingerprint density at radius 3 is 2.65 bits per heavy atom. The van der Waals surface area contributed by atoms with Crippen LogP contribution in [0.2, 0.25) is 0 Å². The summed E-state index contributed by atoms with van der Waals surface area (Å²) in [7, 11) is 0. The van der Waals surface area contributed by atoms with E-state index in [9.17, 15) is 9.59 Å². The molecule has 1 aliphatic rings. The number of thioether (sulfide) groups is 1. The number of amides is 1. The van der Waals surface area contributed by atoms with E-state index in [4.69, 9.17) is 9.84 Å². The second-order valence-electron chi connectivity index (χ2n) is 6.24. The molecule has 0 bridgehead atoms. The maximum atomic E-state index is 10.9. The van der Waals surface area contributed by atoms with Crippen LogP contribution in [-0.2, 0) is 16.0 Å². The Balaban J connectivity index is 2.20. The minimum absolute atomic E-state index is 0.165. The van der Waals surface area contributed by atoms with Gasteiger partial charge in [0.25, 0.3) is 0 Å². The highest BCUT2D eigenvalue weighted by Crippen LogP contribution is 2.45. The zero-order valence-corrected chi connectivity index (χ0v) is 14.8. The number of nitrogens with one attached hydrogen (secondary N) is 1. The Morgan fingerprint density at radius 2 is 2.04 bits per heavy atom. The Labute approximate surface area is 140 Å². The molecule has 1 heterocycles. The minimum Gasteiger partial charge on any atom is -0.486 e. The van der Waals surface area contributed by atoms with E-state index < -0.39 is 5.97 Å². The van der Waals surface area contributed by atoms with Crippen LogP contribution in [-0.4, -0.2) is 34.6 Å². The SMILES string of the molecule is Cc1c(C)c2c(c(C)c1NC=O)CC(C)(CSCCC(=O)O)O2. The molecule has 1 aromatic rings. The Hall–Kier alpha value is -1.69. The van der Waals surface area contributed by atoms with Crippen LogP contribution in [0.4, 0.5) is 5.69 Å². The summed E-state index contributed by atoms with van der Waals surface area (Å²) in [6.07, 6.45) is 1.64. The van der Waals surface area contributed by atoms with E-state index in [1.165, 1.54) is 0 Å². The number of hydrogen-bond acceptors (Lipinski definition) is 4. The normalized spacial score (nSPS) is 19.1. The van der Waals surface area contributed by atoms with Gasteiger partial charge in [0.2, 0.25) is 6.41 Å². The molecule has 0 radical (unpaired) electrons. The third kappa shape index (κ3) is 3.63. The van der Waals surface area contributed by atoms with Crippen LogP contribution in [0.3, 0.4) is 0 Å². The lowest BCUT2D eigenvalue weighted by molar-refractivity contribution is -0.136. The molecule has 5 nitrogen and oxygen atoms in total. The summed E-state index contributed by atoms with van der Waals surface area (Å²) in [5.41, 5.74) is 4.79. The van der Waals surface area contributed by atoms with Gasteiger partial charge >= 0.3 is 5.97 Å². The van der Waals surface area contributed by atoms with Crippen LogP contribution in [0.1, 0.15) is 35.6 Å². The van der Waals surface area contributed by atoms with Crippen molar-refractivity contribution in [1.82, 2.24) is 0 Å². The molecule has 1 amide bonds. The average molecular weight is 337 g/mol. The lowest BCUT2D eigenvalue weighted by Crippen LogP contribution is -2.33. The van der Waals surface area contributed by atoms with Gasteiger partial charge in [0.15, 0.2) is 0 Å². The number of anilines is 1. The van der Waals surface area contributed by atoms with Crippen LogP contribution in [0.25, 0.3) is 0 Å². The largest absolute Gasteiger partial charge is 0.486 e. The van der Waals surface area contributed by atoms with Gasteiger partial charge < -0.3 is 15.2 Å². The number of carbonyl (C=O) groups excluding carboxylic acids is 1. The van der Waals surface area contributed by atoms with Crippen molar-refractivity contribution in [3.05, 3.63) is 22.3 Å². The monoisotopic (exact) mass is 337 g/mol. The number of aliphatic carboxylic acids is 1. The van der Waals surface area contributed by atoms with Crippen molar-refractivity contribution < 1.29 is 19.4 Å². The first-order valence-electron chi connectivity index (χ1n) is 7.60. The summed E-state index contributed by atoms with van der Waals surface area (Å²) >= 11 is 1.60. The van der Waals surface area contributed by atoms with E-state index in [2.05, 4.69) is 12.2 Å². The Kier molecular flexibility index (Phi) is 5.24. The summed E-state index contributed by atoms with van der Waals surface area (Å²) in [6.45, 7) is 8.05. The van der Waals surface area contributed by atoms with Gasteiger partial charge in [0.1, 0.15) is 11.4 Å². The van der Waals surface area contributed by atoms with Gasteiger partial charge in [0.05, 0.1) is 6.42 Å². The van der Waals surface area contributed by atoms with Gasteiger partial charge in [-0.05, 0) is 44.4 Å². The number of hydrogen-bond donors (Lipinski definition) is 2. The first-order chi connectivity index (χ1) is 10.8. The van der Waals surface area contributed by atoms with Crippen molar-refractivity contribution in [2.45, 2.75) is 46.1 Å². The van der Waals surface area contributed by atoms with Gasteiger partial charge in [-0.25, -0.2) is 0 Å². The second-order valence-corrected chi connectivity index (χ2v) is 7.35. The number of carboxylic acid groups (broad SMARTS) is 1. The van der Waals surface area contributed by atoms with Crippen LogP contribution in [0, 0.1) is 20.8 Å². The molecule has 1 atom stereocenters. The molecule has 0 fully saturated rings. The lowest BCUT2D eigenvalue weighted by Gasteiger charge is -2.24. The minimum atomic E-state index is -0.773. The quantitative estimate of drug-likeness (QED) is 0.591. The summed E-state index contributed by atoms with van der Waals surface area (Å²) in [5.74, 6) is 1.46. The van der Waals surface area contributed by atoms with Gasteiger partial charge in [-0.1, -0.05) is 0 Å². The fraction of sp³-hybridized carbons (Fsp3) is 0.529. The summed E-state index contributed by atoms with van der Waals surface area (Å²) in [5, 5.41) is 11.5. The van der Waals surface area contributed by atoms with E-state index in [1.54, 1.807) is 11.8 Å². The van der Waals surface area contributed by atoms with Crippen LogP contribution >= 0.6 is 11.8 Å². The van der Waals surface area contributed by atoms with Crippen LogP contribution < -0.4 is 10.1 Å². The number of rotatable bonds is 7. The highest BCUT2D eigenvalue weighted by Gasteiger charge is 2.38. The molecule has 1 aromatic carbocycles. The molecule has 126 valence electrons. The van der Waals surface area contributed by atoms with Crippen molar-refractivity contribution in [3.63, 3.8) is 0 Å². The van der Waals surface area contributed by atoms with Crippen molar-refractivity contribution in [3.8, 4) is 5.75 Å². The maximum Gasteiger partial charge on any atom is 0.304 e. The van der Waals surface area contributed by atoms with Gasteiger partial charge in [-0.3, -0.25) is 9.59 Å². The van der Waals surface area contributed by atoms with E-state index in [1.807, 2.05) is 20.8 Å². The molecule has 23 heavy (non-hydrogen) atoms. The molecule has 0 aromatic heterocycles. The fourth-order valence-electron chi connectivity index (χ4n) is 3.00. The highest BCUT2D eigenvalue weighted by molar-refractivity contribution is 7.99. The molecule has 2 rings (SSSR count). The molecule has 2 N–H and O–H groups in total. The van der Waals surface area contributed by atoms with Crippen LogP contribution in [0.15, 0.2) is 0 Å². The fourth-order valence-corrected chi connectivity index (χ4v) is 4.05. The number of ether oxygens (including phenoxy) is 1. The van der Waals surface area contributed by atoms with Crippen molar-refractivity contribution in [2.24, 2.45) is 0 Å². The zero-order chi connectivity index (χ0) is 17.2. The predicted molar refractivity (Wildman–Crippen MR) is 92.7 cm³/mol. The average Bonchev–Trinajstić information content (AvgIpc) is 2.84. The summed E-state index contributed by atoms with van der Waals surface area (Å²) in [4.78, 5) is 21.5. The standard InChI is InChI=1S/C17H23NO4S/c1-10-11(2)16-13(12(3)15(10)18-9-19)7-17(4,22-16)8-23-6-5-14(20)21/h9H,5-8H2,1-4H3,(H,18,19)(H,20,21). The van der Waals surface area contributed by atoms with Gasteiger partial charge in [0, 0.05) is 29.2 Å². The van der Waals surface area contributed by atoms with E-state index >= 15 is 0 Å². The molecular formula is C17H23NO4S. The number of carbonyl (C=O) groups is 2. The third-order valence-corrected chi connectivity index (χ3v) is 5.66. The summed E-state index contributed by atoms with van der Waals surface area (Å²) in [6, 6.07) is 0. The first-order valence-corrected chi connectivity index (χ1v) is 8.76. The molecule has 1 aliphatic heterocycles. The molecule has 6 heteroatoms. The highest BCUT2D eigenvalue weighted by atomic mass is 32.2. The van der Waals surface area contributed by atoms with Gasteiger partial charge in [-0.15, -0.1) is 0 Å². The predicted octanol–water partition coefficient (Wildman–Crippen LogP) is 3.08. The lowest BCUT2D eigenvalue weighted by atomic mass is 9.92. The Bertz CT molecular complexity index is 644. The van der Waals surface area contributed by atoms with E-state index in [0.29, 0.717) is 12.2 Å². The summed E-state index contributed by atoms with van der Waals surface area (Å²) < 4.78 is 6.24. The second kappa shape index (κ2) is 6.83. The van der Waals surface area contributed by atoms with E-state index in [-0.39, 0.29) is 12.0 Å². The third-order valence-electron chi connectivity index (χ3n) is 4.35.